The van der Waals surface area contributed by atoms with E-state index in [-0.39, 0.29) is 0 Å². The van der Waals surface area contributed by atoms with Crippen LogP contribution in [0.5, 0.6) is 11.5 Å². The lowest BCUT2D eigenvalue weighted by Crippen LogP contribution is -2.04. The maximum absolute atomic E-state index is 6.55. The van der Waals surface area contributed by atoms with Crippen LogP contribution in [0, 0.1) is 5.92 Å². The fourth-order valence-corrected chi connectivity index (χ4v) is 3.49. The standard InChI is InChI=1S/C22H30BrClO2/c1-17(2)16-26-19-10-11-20-18(15-19)9-12-21(22(20)24)25-14-8-6-4-3-5-7-13-23/h9-12,15,17H,3-8,13-14,16H2,1-2H3. The summed E-state index contributed by atoms with van der Waals surface area (Å²) < 4.78 is 11.7. The predicted octanol–water partition coefficient (Wildman–Crippen LogP) is 7.64. The van der Waals surface area contributed by atoms with Gasteiger partial charge in [0, 0.05) is 10.7 Å². The number of halogens is 2. The highest BCUT2D eigenvalue weighted by atomic mass is 79.9. The fraction of sp³-hybridized carbons (Fsp3) is 0.545. The van der Waals surface area contributed by atoms with Crippen LogP contribution in [0.25, 0.3) is 10.8 Å². The molecule has 2 rings (SSSR count). The maximum atomic E-state index is 6.55. The van der Waals surface area contributed by atoms with Crippen molar-refractivity contribution < 1.29 is 9.47 Å². The summed E-state index contributed by atoms with van der Waals surface area (Å²) in [6, 6.07) is 10.1. The summed E-state index contributed by atoms with van der Waals surface area (Å²) in [5, 5.41) is 3.89. The lowest BCUT2D eigenvalue weighted by atomic mass is 10.1. The summed E-state index contributed by atoms with van der Waals surface area (Å²) in [5.74, 6) is 2.17. The molecule has 0 aliphatic heterocycles. The third-order valence-electron chi connectivity index (χ3n) is 4.26. The Morgan fingerprint density at radius 2 is 1.65 bits per heavy atom. The van der Waals surface area contributed by atoms with Gasteiger partial charge in [0.05, 0.1) is 18.2 Å². The summed E-state index contributed by atoms with van der Waals surface area (Å²) in [4.78, 5) is 0. The molecule has 0 atom stereocenters. The number of benzene rings is 2. The Morgan fingerprint density at radius 1 is 0.923 bits per heavy atom. The Bertz CT molecular complexity index is 672. The minimum atomic E-state index is 0.509. The summed E-state index contributed by atoms with van der Waals surface area (Å²) in [6.45, 7) is 5.73. The van der Waals surface area contributed by atoms with E-state index in [0.717, 1.165) is 47.2 Å². The fourth-order valence-electron chi connectivity index (χ4n) is 2.80. The van der Waals surface area contributed by atoms with Crippen molar-refractivity contribution >= 4 is 38.3 Å². The molecule has 0 saturated carbocycles. The number of hydrogen-bond donors (Lipinski definition) is 0. The highest BCUT2D eigenvalue weighted by Crippen LogP contribution is 2.34. The Labute approximate surface area is 171 Å². The molecule has 26 heavy (non-hydrogen) atoms. The molecule has 144 valence electrons. The maximum Gasteiger partial charge on any atom is 0.138 e. The van der Waals surface area contributed by atoms with Crippen molar-refractivity contribution in [3.63, 3.8) is 0 Å². The highest BCUT2D eigenvalue weighted by Gasteiger charge is 2.08. The zero-order chi connectivity index (χ0) is 18.8. The predicted molar refractivity (Wildman–Crippen MR) is 116 cm³/mol. The zero-order valence-corrected chi connectivity index (χ0v) is 18.2. The van der Waals surface area contributed by atoms with Gasteiger partial charge < -0.3 is 9.47 Å². The van der Waals surface area contributed by atoms with Gasteiger partial charge in [0.25, 0.3) is 0 Å². The molecule has 0 amide bonds. The molecule has 2 aromatic carbocycles. The second kappa shape index (κ2) is 11.7. The van der Waals surface area contributed by atoms with Crippen LogP contribution in [0.1, 0.15) is 52.4 Å². The van der Waals surface area contributed by atoms with Crippen molar-refractivity contribution in [1.29, 1.82) is 0 Å². The van der Waals surface area contributed by atoms with E-state index < -0.39 is 0 Å². The van der Waals surface area contributed by atoms with Crippen LogP contribution in [0.15, 0.2) is 30.3 Å². The average Bonchev–Trinajstić information content (AvgIpc) is 2.63. The molecule has 0 bridgehead atoms. The van der Waals surface area contributed by atoms with Gasteiger partial charge in [-0.2, -0.15) is 0 Å². The summed E-state index contributed by atoms with van der Waals surface area (Å²) in [6.07, 6.45) is 7.46. The number of unbranched alkanes of at least 4 members (excludes halogenated alkanes) is 5. The van der Waals surface area contributed by atoms with E-state index in [9.17, 15) is 0 Å². The third kappa shape index (κ3) is 7.00. The van der Waals surface area contributed by atoms with Crippen LogP contribution in [-0.4, -0.2) is 18.5 Å². The number of fused-ring (bicyclic) bond motifs is 1. The molecular formula is C22H30BrClO2. The molecule has 0 aliphatic rings. The van der Waals surface area contributed by atoms with Gasteiger partial charge in [-0.1, -0.05) is 73.1 Å². The summed E-state index contributed by atoms with van der Waals surface area (Å²) >= 11 is 10.0. The second-order valence-electron chi connectivity index (χ2n) is 7.12. The lowest BCUT2D eigenvalue weighted by Gasteiger charge is -2.12. The van der Waals surface area contributed by atoms with Crippen molar-refractivity contribution in [2.24, 2.45) is 5.92 Å². The quantitative estimate of drug-likeness (QED) is 0.249. The number of hydrogen-bond acceptors (Lipinski definition) is 2. The number of alkyl halides is 1. The first-order chi connectivity index (χ1) is 12.6. The van der Waals surface area contributed by atoms with Gasteiger partial charge in [-0.05, 0) is 48.4 Å². The monoisotopic (exact) mass is 440 g/mol. The van der Waals surface area contributed by atoms with Crippen LogP contribution in [0.3, 0.4) is 0 Å². The Kier molecular flexibility index (Phi) is 9.63. The Hall–Kier alpha value is -0.930. The molecule has 2 aromatic rings. The zero-order valence-electron chi connectivity index (χ0n) is 15.9. The van der Waals surface area contributed by atoms with Crippen LogP contribution >= 0.6 is 27.5 Å². The van der Waals surface area contributed by atoms with E-state index >= 15 is 0 Å². The van der Waals surface area contributed by atoms with Gasteiger partial charge in [0.2, 0.25) is 0 Å². The summed E-state index contributed by atoms with van der Waals surface area (Å²) in [5.41, 5.74) is 0. The van der Waals surface area contributed by atoms with Gasteiger partial charge in [-0.15, -0.1) is 0 Å². The molecule has 2 nitrogen and oxygen atoms in total. The van der Waals surface area contributed by atoms with E-state index in [4.69, 9.17) is 21.1 Å². The van der Waals surface area contributed by atoms with E-state index in [1.807, 2.05) is 24.3 Å². The number of rotatable bonds is 12. The smallest absolute Gasteiger partial charge is 0.138 e. The van der Waals surface area contributed by atoms with Crippen molar-refractivity contribution in [3.8, 4) is 11.5 Å². The molecule has 0 heterocycles. The van der Waals surface area contributed by atoms with E-state index in [1.165, 1.54) is 32.1 Å². The van der Waals surface area contributed by atoms with Crippen LogP contribution in [0.2, 0.25) is 5.02 Å². The first kappa shape index (κ1) is 21.4. The third-order valence-corrected chi connectivity index (χ3v) is 5.21. The van der Waals surface area contributed by atoms with Gasteiger partial charge >= 0.3 is 0 Å². The molecule has 0 fully saturated rings. The Balaban J connectivity index is 1.85. The summed E-state index contributed by atoms with van der Waals surface area (Å²) in [7, 11) is 0. The Morgan fingerprint density at radius 3 is 2.38 bits per heavy atom. The molecule has 0 N–H and O–H groups in total. The largest absolute Gasteiger partial charge is 0.493 e. The normalized spacial score (nSPS) is 11.3. The van der Waals surface area contributed by atoms with Gasteiger partial charge in [-0.3, -0.25) is 0 Å². The minimum absolute atomic E-state index is 0.509. The van der Waals surface area contributed by atoms with E-state index in [2.05, 4.69) is 35.8 Å². The van der Waals surface area contributed by atoms with Crippen LogP contribution in [0.4, 0.5) is 0 Å². The van der Waals surface area contributed by atoms with Crippen molar-refractivity contribution in [2.45, 2.75) is 52.4 Å². The van der Waals surface area contributed by atoms with Crippen molar-refractivity contribution in [3.05, 3.63) is 35.4 Å². The molecule has 0 saturated heterocycles. The molecule has 0 aromatic heterocycles. The van der Waals surface area contributed by atoms with Gasteiger partial charge in [-0.25, -0.2) is 0 Å². The molecule has 0 radical (unpaired) electrons. The highest BCUT2D eigenvalue weighted by molar-refractivity contribution is 9.09. The van der Waals surface area contributed by atoms with Crippen molar-refractivity contribution in [1.82, 2.24) is 0 Å². The first-order valence-corrected chi connectivity index (χ1v) is 11.2. The molecule has 0 unspecified atom stereocenters. The van der Waals surface area contributed by atoms with E-state index in [1.54, 1.807) is 0 Å². The van der Waals surface area contributed by atoms with Crippen LogP contribution in [-0.2, 0) is 0 Å². The molecule has 0 spiro atoms. The molecular weight excluding hydrogens is 412 g/mol. The topological polar surface area (TPSA) is 18.5 Å². The van der Waals surface area contributed by atoms with E-state index in [0.29, 0.717) is 10.9 Å². The molecule has 4 heteroatoms. The van der Waals surface area contributed by atoms with Gasteiger partial charge in [0.15, 0.2) is 0 Å². The SMILES string of the molecule is CC(C)COc1ccc2c(Cl)c(OCCCCCCCCBr)ccc2c1. The number of ether oxygens (including phenoxy) is 2. The minimum Gasteiger partial charge on any atom is -0.493 e. The van der Waals surface area contributed by atoms with Gasteiger partial charge in [0.1, 0.15) is 11.5 Å². The average molecular weight is 442 g/mol. The second-order valence-corrected chi connectivity index (χ2v) is 8.30. The van der Waals surface area contributed by atoms with Crippen LogP contribution < -0.4 is 9.47 Å². The molecule has 0 aliphatic carbocycles. The first-order valence-electron chi connectivity index (χ1n) is 9.65. The van der Waals surface area contributed by atoms with Crippen molar-refractivity contribution in [2.75, 3.05) is 18.5 Å². The lowest BCUT2D eigenvalue weighted by molar-refractivity contribution is 0.271.